The number of aliphatic hydroxyl groups is 1. The SMILES string of the molecule is O=C(/C=C/c1ccc(Br)o1)NC1CCCC1CO. The Bertz CT molecular complexity index is 441. The maximum atomic E-state index is 11.7. The van der Waals surface area contributed by atoms with Crippen LogP contribution in [0.5, 0.6) is 0 Å². The molecule has 2 N–H and O–H groups in total. The molecule has 1 aromatic heterocycles. The van der Waals surface area contributed by atoms with Crippen molar-refractivity contribution in [3.8, 4) is 0 Å². The Balaban J connectivity index is 1.86. The predicted octanol–water partition coefficient (Wildman–Crippen LogP) is 2.33. The maximum absolute atomic E-state index is 11.7. The number of rotatable bonds is 4. The monoisotopic (exact) mass is 313 g/mol. The Hall–Kier alpha value is -1.07. The summed E-state index contributed by atoms with van der Waals surface area (Å²) >= 11 is 3.20. The summed E-state index contributed by atoms with van der Waals surface area (Å²) in [5.74, 6) is 0.676. The highest BCUT2D eigenvalue weighted by Gasteiger charge is 2.27. The largest absolute Gasteiger partial charge is 0.450 e. The summed E-state index contributed by atoms with van der Waals surface area (Å²) in [4.78, 5) is 11.7. The van der Waals surface area contributed by atoms with Crippen molar-refractivity contribution in [2.75, 3.05) is 6.61 Å². The van der Waals surface area contributed by atoms with Crippen LogP contribution < -0.4 is 5.32 Å². The van der Waals surface area contributed by atoms with Crippen LogP contribution in [0.25, 0.3) is 6.08 Å². The molecule has 2 rings (SSSR count). The first kappa shape index (κ1) is 13.4. The second kappa shape index (κ2) is 6.20. The van der Waals surface area contributed by atoms with Crippen molar-refractivity contribution in [3.63, 3.8) is 0 Å². The lowest BCUT2D eigenvalue weighted by Crippen LogP contribution is -2.37. The lowest BCUT2D eigenvalue weighted by molar-refractivity contribution is -0.117. The second-order valence-corrected chi connectivity index (χ2v) is 5.25. The topological polar surface area (TPSA) is 62.5 Å². The van der Waals surface area contributed by atoms with Gasteiger partial charge in [-0.3, -0.25) is 4.79 Å². The van der Waals surface area contributed by atoms with Crippen LogP contribution in [0.3, 0.4) is 0 Å². The highest BCUT2D eigenvalue weighted by molar-refractivity contribution is 9.10. The van der Waals surface area contributed by atoms with E-state index in [-0.39, 0.29) is 24.5 Å². The zero-order valence-electron chi connectivity index (χ0n) is 9.93. The van der Waals surface area contributed by atoms with E-state index in [2.05, 4.69) is 21.2 Å². The summed E-state index contributed by atoms with van der Waals surface area (Å²) in [5.41, 5.74) is 0. The number of hydrogen-bond acceptors (Lipinski definition) is 3. The van der Waals surface area contributed by atoms with Crippen molar-refractivity contribution in [3.05, 3.63) is 28.6 Å². The number of carbonyl (C=O) groups excluding carboxylic acids is 1. The van der Waals surface area contributed by atoms with E-state index in [1.165, 1.54) is 6.08 Å². The van der Waals surface area contributed by atoms with Gasteiger partial charge in [-0.25, -0.2) is 0 Å². The number of carbonyl (C=O) groups is 1. The van der Waals surface area contributed by atoms with E-state index in [1.807, 2.05) is 0 Å². The number of hydrogen-bond donors (Lipinski definition) is 2. The third kappa shape index (κ3) is 3.46. The van der Waals surface area contributed by atoms with E-state index in [0.29, 0.717) is 10.4 Å². The predicted molar refractivity (Wildman–Crippen MR) is 71.8 cm³/mol. The third-order valence-corrected chi connectivity index (χ3v) is 3.64. The lowest BCUT2D eigenvalue weighted by Gasteiger charge is -2.17. The second-order valence-electron chi connectivity index (χ2n) is 4.46. The molecule has 1 amide bonds. The Morgan fingerprint density at radius 1 is 1.56 bits per heavy atom. The van der Waals surface area contributed by atoms with Crippen LogP contribution in [0.2, 0.25) is 0 Å². The molecule has 0 radical (unpaired) electrons. The standard InChI is InChI=1S/C13H16BrNO3/c14-12-6-4-10(18-12)5-7-13(17)15-11-3-1-2-9(11)8-16/h4-7,9,11,16H,1-3,8H2,(H,15,17)/b7-5+. The van der Waals surface area contributed by atoms with E-state index in [9.17, 15) is 9.90 Å². The van der Waals surface area contributed by atoms with Gasteiger partial charge in [-0.15, -0.1) is 0 Å². The lowest BCUT2D eigenvalue weighted by atomic mass is 10.1. The fourth-order valence-corrected chi connectivity index (χ4v) is 2.57. The number of nitrogens with one attached hydrogen (secondary N) is 1. The summed E-state index contributed by atoms with van der Waals surface area (Å²) in [6.45, 7) is 0.139. The van der Waals surface area contributed by atoms with Crippen LogP contribution in [-0.4, -0.2) is 23.7 Å². The highest BCUT2D eigenvalue weighted by atomic mass is 79.9. The minimum Gasteiger partial charge on any atom is -0.450 e. The molecular weight excluding hydrogens is 298 g/mol. The molecular formula is C13H16BrNO3. The molecule has 18 heavy (non-hydrogen) atoms. The Kier molecular flexibility index (Phi) is 4.60. The summed E-state index contributed by atoms with van der Waals surface area (Å²) in [7, 11) is 0. The van der Waals surface area contributed by atoms with Gasteiger partial charge in [0, 0.05) is 24.6 Å². The van der Waals surface area contributed by atoms with Gasteiger partial charge in [-0.05, 0) is 47.0 Å². The number of aliphatic hydroxyl groups excluding tert-OH is 1. The molecule has 1 aromatic rings. The van der Waals surface area contributed by atoms with Crippen molar-refractivity contribution in [2.45, 2.75) is 25.3 Å². The molecule has 2 atom stereocenters. The van der Waals surface area contributed by atoms with Crippen molar-refractivity contribution in [1.82, 2.24) is 5.32 Å². The Morgan fingerprint density at radius 2 is 2.39 bits per heavy atom. The molecule has 1 saturated carbocycles. The van der Waals surface area contributed by atoms with Gasteiger partial charge in [0.2, 0.25) is 5.91 Å². The average Bonchev–Trinajstić information content (AvgIpc) is 2.95. The molecule has 0 aliphatic heterocycles. The molecule has 0 bridgehead atoms. The number of halogens is 1. The fourth-order valence-electron chi connectivity index (χ4n) is 2.25. The van der Waals surface area contributed by atoms with Crippen molar-refractivity contribution < 1.29 is 14.3 Å². The van der Waals surface area contributed by atoms with Crippen molar-refractivity contribution >= 4 is 27.9 Å². The van der Waals surface area contributed by atoms with Crippen LogP contribution in [0.15, 0.2) is 27.3 Å². The third-order valence-electron chi connectivity index (χ3n) is 3.21. The zero-order valence-corrected chi connectivity index (χ0v) is 11.5. The van der Waals surface area contributed by atoms with Crippen LogP contribution in [0, 0.1) is 5.92 Å². The molecule has 1 fully saturated rings. The van der Waals surface area contributed by atoms with Crippen LogP contribution in [0.1, 0.15) is 25.0 Å². The van der Waals surface area contributed by atoms with Crippen LogP contribution >= 0.6 is 15.9 Å². The van der Waals surface area contributed by atoms with Gasteiger partial charge in [0.1, 0.15) is 5.76 Å². The molecule has 0 aromatic carbocycles. The molecule has 2 unspecified atom stereocenters. The zero-order chi connectivity index (χ0) is 13.0. The van der Waals surface area contributed by atoms with Crippen molar-refractivity contribution in [2.24, 2.45) is 5.92 Å². The first-order valence-corrected chi connectivity index (χ1v) is 6.83. The van der Waals surface area contributed by atoms with Gasteiger partial charge < -0.3 is 14.8 Å². The molecule has 0 saturated heterocycles. The van der Waals surface area contributed by atoms with E-state index in [1.54, 1.807) is 18.2 Å². The van der Waals surface area contributed by atoms with Crippen LogP contribution in [0.4, 0.5) is 0 Å². The molecule has 5 heteroatoms. The average molecular weight is 314 g/mol. The van der Waals surface area contributed by atoms with E-state index in [4.69, 9.17) is 4.42 Å². The summed E-state index contributed by atoms with van der Waals surface area (Å²) in [6, 6.07) is 3.64. The molecule has 1 aliphatic carbocycles. The summed E-state index contributed by atoms with van der Waals surface area (Å²) in [5, 5.41) is 12.1. The number of amides is 1. The molecule has 1 aliphatic rings. The Morgan fingerprint density at radius 3 is 3.06 bits per heavy atom. The van der Waals surface area contributed by atoms with Gasteiger partial charge in [-0.2, -0.15) is 0 Å². The van der Waals surface area contributed by atoms with Crippen molar-refractivity contribution in [1.29, 1.82) is 0 Å². The minimum absolute atomic E-state index is 0.0930. The van der Waals surface area contributed by atoms with Gasteiger partial charge in [-0.1, -0.05) is 6.42 Å². The van der Waals surface area contributed by atoms with Gasteiger partial charge >= 0.3 is 0 Å². The van der Waals surface area contributed by atoms with Gasteiger partial charge in [0.25, 0.3) is 0 Å². The quantitative estimate of drug-likeness (QED) is 0.839. The maximum Gasteiger partial charge on any atom is 0.244 e. The van der Waals surface area contributed by atoms with E-state index >= 15 is 0 Å². The molecule has 98 valence electrons. The molecule has 1 heterocycles. The highest BCUT2D eigenvalue weighted by Crippen LogP contribution is 2.25. The fraction of sp³-hybridized carbons (Fsp3) is 0.462. The van der Waals surface area contributed by atoms with E-state index < -0.39 is 0 Å². The van der Waals surface area contributed by atoms with Crippen LogP contribution in [-0.2, 0) is 4.79 Å². The number of furan rings is 1. The van der Waals surface area contributed by atoms with Gasteiger partial charge in [0.05, 0.1) is 0 Å². The van der Waals surface area contributed by atoms with E-state index in [0.717, 1.165) is 19.3 Å². The summed E-state index contributed by atoms with van der Waals surface area (Å²) < 4.78 is 5.89. The molecule has 0 spiro atoms. The smallest absolute Gasteiger partial charge is 0.244 e. The normalized spacial score (nSPS) is 23.7. The molecule has 4 nitrogen and oxygen atoms in total. The Labute approximate surface area is 114 Å². The van der Waals surface area contributed by atoms with Gasteiger partial charge in [0.15, 0.2) is 4.67 Å². The first-order chi connectivity index (χ1) is 8.69. The minimum atomic E-state index is -0.145. The first-order valence-electron chi connectivity index (χ1n) is 6.04. The summed E-state index contributed by atoms with van der Waals surface area (Å²) in [6.07, 6.45) is 6.07.